The number of hydrogen-bond donors (Lipinski definition) is 2. The lowest BCUT2D eigenvalue weighted by atomic mass is 10.2. The van der Waals surface area contributed by atoms with Crippen LogP contribution in [0.5, 0.6) is 0 Å². The average molecular weight is 412 g/mol. The van der Waals surface area contributed by atoms with Gasteiger partial charge in [-0.25, -0.2) is 0 Å². The summed E-state index contributed by atoms with van der Waals surface area (Å²) in [5.41, 5.74) is 4.55. The molecular weight excluding hydrogens is 386 g/mol. The fraction of sp³-hybridized carbons (Fsp3) is 0.400. The van der Waals surface area contributed by atoms with Crippen LogP contribution in [0, 0.1) is 0 Å². The summed E-state index contributed by atoms with van der Waals surface area (Å²) in [6.07, 6.45) is 4.68. The summed E-state index contributed by atoms with van der Waals surface area (Å²) in [6.45, 7) is 8.41. The summed E-state index contributed by atoms with van der Waals surface area (Å²) < 4.78 is 11.2. The highest BCUT2D eigenvalue weighted by Crippen LogP contribution is 2.27. The summed E-state index contributed by atoms with van der Waals surface area (Å²) in [5.74, 6) is 0.691. The van der Waals surface area contributed by atoms with Crippen molar-refractivity contribution in [1.82, 2.24) is 29.4 Å². The van der Waals surface area contributed by atoms with Crippen molar-refractivity contribution in [2.45, 2.75) is 26.8 Å². The number of nitrogens with zero attached hydrogens (tertiary/aromatic N) is 5. The zero-order valence-corrected chi connectivity index (χ0v) is 17.5. The first-order valence-corrected chi connectivity index (χ1v) is 10.7. The molecule has 29 heavy (non-hydrogen) atoms. The van der Waals surface area contributed by atoms with Crippen LogP contribution in [0.1, 0.15) is 26.0 Å². The molecule has 0 amide bonds. The number of H-pyrrole nitrogens is 1. The second kappa shape index (κ2) is 9.25. The van der Waals surface area contributed by atoms with E-state index in [0.29, 0.717) is 5.82 Å². The lowest BCUT2D eigenvalue weighted by molar-refractivity contribution is 0.110. The van der Waals surface area contributed by atoms with E-state index in [1.54, 1.807) is 6.20 Å². The maximum atomic E-state index is 5.52. The van der Waals surface area contributed by atoms with Crippen molar-refractivity contribution in [3.05, 3.63) is 36.3 Å². The van der Waals surface area contributed by atoms with Gasteiger partial charge in [-0.1, -0.05) is 6.92 Å². The van der Waals surface area contributed by atoms with Gasteiger partial charge in [0, 0.05) is 25.9 Å². The zero-order valence-electron chi connectivity index (χ0n) is 16.7. The third-order valence-corrected chi connectivity index (χ3v) is 5.45. The minimum Gasteiger partial charge on any atom is -0.380 e. The van der Waals surface area contributed by atoms with Crippen LogP contribution in [0.15, 0.2) is 30.6 Å². The van der Waals surface area contributed by atoms with E-state index < -0.39 is 0 Å². The summed E-state index contributed by atoms with van der Waals surface area (Å²) >= 11 is 1.48. The monoisotopic (exact) mass is 411 g/mol. The molecule has 4 aromatic heterocycles. The molecule has 0 spiro atoms. The number of pyridine rings is 2. The molecular formula is C20H25N7OS. The predicted octanol–water partition coefficient (Wildman–Crippen LogP) is 3.95. The lowest BCUT2D eigenvalue weighted by Crippen LogP contribution is -2.28. The van der Waals surface area contributed by atoms with Gasteiger partial charge in [0.1, 0.15) is 11.0 Å². The Bertz CT molecular complexity index is 1080. The van der Waals surface area contributed by atoms with Crippen LogP contribution in [0.2, 0.25) is 0 Å². The molecule has 0 aromatic carbocycles. The Hall–Kier alpha value is -2.62. The van der Waals surface area contributed by atoms with Crippen molar-refractivity contribution in [2.75, 3.05) is 31.6 Å². The number of rotatable bonds is 10. The molecule has 0 unspecified atom stereocenters. The van der Waals surface area contributed by atoms with Gasteiger partial charge in [0.25, 0.3) is 0 Å². The largest absolute Gasteiger partial charge is 0.380 e. The standard InChI is InChI=1S/C20H25N7OS/c1-3-8-27(9-10-28-4-2)13-16-18-17(29-26-16)11-14(12-22-18)23-20-19-15(24-25-20)6-5-7-21-19/h5-7,11-12H,3-4,8-10,13H2,1-2H3,(H2,23,24,25). The third-order valence-electron chi connectivity index (χ3n) is 4.63. The van der Waals surface area contributed by atoms with Gasteiger partial charge in [-0.15, -0.1) is 0 Å². The van der Waals surface area contributed by atoms with Crippen LogP contribution in [0.25, 0.3) is 21.3 Å². The van der Waals surface area contributed by atoms with Crippen LogP contribution < -0.4 is 5.32 Å². The van der Waals surface area contributed by atoms with E-state index in [2.05, 4.69) is 47.7 Å². The molecule has 8 nitrogen and oxygen atoms in total. The SMILES string of the molecule is CCCN(CCOCC)Cc1nsc2cc(Nc3n[nH]c4cccnc34)cnc12. The molecule has 0 aliphatic heterocycles. The smallest absolute Gasteiger partial charge is 0.178 e. The highest BCUT2D eigenvalue weighted by Gasteiger charge is 2.14. The Labute approximate surface area is 173 Å². The fourth-order valence-electron chi connectivity index (χ4n) is 3.26. The Morgan fingerprint density at radius 2 is 2.14 bits per heavy atom. The van der Waals surface area contributed by atoms with Gasteiger partial charge >= 0.3 is 0 Å². The van der Waals surface area contributed by atoms with Crippen molar-refractivity contribution in [3.8, 4) is 0 Å². The molecule has 4 heterocycles. The highest BCUT2D eigenvalue weighted by atomic mass is 32.1. The molecule has 4 rings (SSSR count). The summed E-state index contributed by atoms with van der Waals surface area (Å²) in [6, 6.07) is 5.90. The van der Waals surface area contributed by atoms with Gasteiger partial charge in [0.05, 0.1) is 34.4 Å². The van der Waals surface area contributed by atoms with Crippen molar-refractivity contribution >= 4 is 44.3 Å². The number of ether oxygens (including phenoxy) is 1. The Kier molecular flexibility index (Phi) is 6.28. The molecule has 0 saturated carbocycles. The van der Waals surface area contributed by atoms with Gasteiger partial charge in [-0.05, 0) is 49.6 Å². The Morgan fingerprint density at radius 3 is 3.00 bits per heavy atom. The molecule has 0 aliphatic rings. The van der Waals surface area contributed by atoms with Gasteiger partial charge in [0.2, 0.25) is 0 Å². The molecule has 0 saturated heterocycles. The number of aromatic amines is 1. The van der Waals surface area contributed by atoms with Crippen LogP contribution in [-0.2, 0) is 11.3 Å². The Balaban J connectivity index is 1.51. The molecule has 0 fully saturated rings. The van der Waals surface area contributed by atoms with E-state index in [0.717, 1.165) is 71.9 Å². The normalized spacial score (nSPS) is 11.7. The van der Waals surface area contributed by atoms with Crippen LogP contribution >= 0.6 is 11.5 Å². The zero-order chi connectivity index (χ0) is 20.1. The van der Waals surface area contributed by atoms with E-state index in [-0.39, 0.29) is 0 Å². The van der Waals surface area contributed by atoms with Gasteiger partial charge in [0.15, 0.2) is 5.82 Å². The molecule has 4 aromatic rings. The first-order chi connectivity index (χ1) is 14.3. The Morgan fingerprint density at radius 1 is 1.21 bits per heavy atom. The molecule has 2 N–H and O–H groups in total. The fourth-order valence-corrected chi connectivity index (χ4v) is 4.05. The van der Waals surface area contributed by atoms with Gasteiger partial charge < -0.3 is 10.1 Å². The van der Waals surface area contributed by atoms with Crippen LogP contribution in [0.3, 0.4) is 0 Å². The van der Waals surface area contributed by atoms with Crippen molar-refractivity contribution in [1.29, 1.82) is 0 Å². The molecule has 152 valence electrons. The first-order valence-electron chi connectivity index (χ1n) is 9.89. The second-order valence-corrected chi connectivity index (χ2v) is 7.57. The summed E-state index contributed by atoms with van der Waals surface area (Å²) in [5, 5.41) is 10.6. The van der Waals surface area contributed by atoms with Crippen molar-refractivity contribution in [2.24, 2.45) is 0 Å². The minimum absolute atomic E-state index is 0.691. The lowest BCUT2D eigenvalue weighted by Gasteiger charge is -2.20. The maximum absolute atomic E-state index is 5.52. The van der Waals surface area contributed by atoms with Crippen LogP contribution in [-0.4, -0.2) is 55.7 Å². The topological polar surface area (TPSA) is 91.8 Å². The molecule has 0 radical (unpaired) electrons. The predicted molar refractivity (Wildman–Crippen MR) is 117 cm³/mol. The van der Waals surface area contributed by atoms with Crippen molar-refractivity contribution < 1.29 is 4.74 Å². The second-order valence-electron chi connectivity index (χ2n) is 6.77. The minimum atomic E-state index is 0.691. The maximum Gasteiger partial charge on any atom is 0.178 e. The average Bonchev–Trinajstić information content (AvgIpc) is 3.33. The van der Waals surface area contributed by atoms with E-state index in [4.69, 9.17) is 4.74 Å². The van der Waals surface area contributed by atoms with E-state index in [1.807, 2.05) is 25.3 Å². The van der Waals surface area contributed by atoms with Crippen LogP contribution in [0.4, 0.5) is 11.5 Å². The van der Waals surface area contributed by atoms with Crippen molar-refractivity contribution in [3.63, 3.8) is 0 Å². The summed E-state index contributed by atoms with van der Waals surface area (Å²) in [4.78, 5) is 11.4. The first kappa shape index (κ1) is 19.7. The number of fused-ring (bicyclic) bond motifs is 2. The number of anilines is 2. The quantitative estimate of drug-likeness (QED) is 0.382. The molecule has 0 atom stereocenters. The highest BCUT2D eigenvalue weighted by molar-refractivity contribution is 7.13. The van der Waals surface area contributed by atoms with Gasteiger partial charge in [-0.2, -0.15) is 9.47 Å². The van der Waals surface area contributed by atoms with E-state index >= 15 is 0 Å². The molecule has 0 aliphatic carbocycles. The van der Waals surface area contributed by atoms with E-state index in [9.17, 15) is 0 Å². The third kappa shape index (κ3) is 4.52. The number of nitrogens with one attached hydrogen (secondary N) is 2. The molecule has 0 bridgehead atoms. The summed E-state index contributed by atoms with van der Waals surface area (Å²) in [7, 11) is 0. The van der Waals surface area contributed by atoms with Gasteiger partial charge in [-0.3, -0.25) is 20.0 Å². The number of aromatic nitrogens is 5. The number of hydrogen-bond acceptors (Lipinski definition) is 8. The molecule has 9 heteroatoms. The van der Waals surface area contributed by atoms with E-state index in [1.165, 1.54) is 11.5 Å².